The lowest BCUT2D eigenvalue weighted by Gasteiger charge is -2.15. The Morgan fingerprint density at radius 2 is 1.68 bits per heavy atom. The van der Waals surface area contributed by atoms with E-state index in [4.69, 9.17) is 4.74 Å². The van der Waals surface area contributed by atoms with Crippen molar-refractivity contribution >= 4 is 29.5 Å². The van der Waals surface area contributed by atoms with Gasteiger partial charge in [-0.1, -0.05) is 42.5 Å². The van der Waals surface area contributed by atoms with E-state index in [2.05, 4.69) is 5.32 Å². The maximum Gasteiger partial charge on any atom is 0.340 e. The molecule has 1 unspecified atom stereocenters. The van der Waals surface area contributed by atoms with Crippen LogP contribution in [0.2, 0.25) is 0 Å². The van der Waals surface area contributed by atoms with Crippen LogP contribution in [0.5, 0.6) is 0 Å². The lowest BCUT2D eigenvalue weighted by molar-refractivity contribution is -0.129. The number of carbonyl (C=O) groups excluding carboxylic acids is 3. The molecule has 148 valence electrons. The molecular weight excluding hydrogens is 376 g/mol. The summed E-state index contributed by atoms with van der Waals surface area (Å²) in [5.74, 6) is -0.806. The molecule has 0 spiro atoms. The molecule has 0 saturated heterocycles. The Hall–Kier alpha value is -2.80. The van der Waals surface area contributed by atoms with Gasteiger partial charge >= 0.3 is 5.97 Å². The lowest BCUT2D eigenvalue weighted by Crippen LogP contribution is -2.35. The molecule has 1 N–H and O–H groups in total. The topological polar surface area (TPSA) is 75.7 Å². The van der Waals surface area contributed by atoms with E-state index in [1.165, 1.54) is 23.6 Å². The zero-order valence-electron chi connectivity index (χ0n) is 16.2. The number of amides is 2. The first kappa shape index (κ1) is 21.5. The van der Waals surface area contributed by atoms with Crippen molar-refractivity contribution in [2.75, 3.05) is 19.8 Å². The van der Waals surface area contributed by atoms with Crippen molar-refractivity contribution in [1.29, 1.82) is 0 Å². The van der Waals surface area contributed by atoms with Crippen LogP contribution in [0.1, 0.15) is 22.8 Å². The van der Waals surface area contributed by atoms with Gasteiger partial charge in [0.05, 0.1) is 11.3 Å². The first-order valence-electron chi connectivity index (χ1n) is 8.83. The van der Waals surface area contributed by atoms with Gasteiger partial charge in [-0.05, 0) is 24.6 Å². The predicted octanol–water partition coefficient (Wildman–Crippen LogP) is 2.73. The number of nitrogens with zero attached hydrogens (tertiary/aromatic N) is 1. The standard InChI is InChI=1S/C21H24N2O4S/c1-15(20(25)22-13-16-9-5-4-6-10-16)27-21(26)17-11-7-8-12-18(17)28-14-19(24)23(2)3/h4-12,15H,13-14H2,1-3H3,(H,22,25). The van der Waals surface area contributed by atoms with Crippen molar-refractivity contribution in [3.63, 3.8) is 0 Å². The van der Waals surface area contributed by atoms with Gasteiger partial charge in [0, 0.05) is 25.5 Å². The zero-order chi connectivity index (χ0) is 20.5. The van der Waals surface area contributed by atoms with Gasteiger partial charge in [0.1, 0.15) is 0 Å². The van der Waals surface area contributed by atoms with Crippen LogP contribution >= 0.6 is 11.8 Å². The van der Waals surface area contributed by atoms with Gasteiger partial charge in [-0.3, -0.25) is 9.59 Å². The molecule has 6 nitrogen and oxygen atoms in total. The van der Waals surface area contributed by atoms with E-state index in [0.29, 0.717) is 17.0 Å². The molecule has 0 bridgehead atoms. The fraction of sp³-hybridized carbons (Fsp3) is 0.286. The van der Waals surface area contributed by atoms with Crippen molar-refractivity contribution in [2.45, 2.75) is 24.5 Å². The van der Waals surface area contributed by atoms with Gasteiger partial charge in [0.2, 0.25) is 5.91 Å². The fourth-order valence-corrected chi connectivity index (χ4v) is 3.25. The maximum atomic E-state index is 12.5. The van der Waals surface area contributed by atoms with Crippen LogP contribution in [0.15, 0.2) is 59.5 Å². The van der Waals surface area contributed by atoms with Crippen molar-refractivity contribution in [1.82, 2.24) is 10.2 Å². The van der Waals surface area contributed by atoms with Gasteiger partial charge < -0.3 is 15.0 Å². The smallest absolute Gasteiger partial charge is 0.340 e. The molecule has 0 aliphatic rings. The Bertz CT molecular complexity index is 824. The number of nitrogens with one attached hydrogen (secondary N) is 1. The maximum absolute atomic E-state index is 12.5. The van der Waals surface area contributed by atoms with Crippen LogP contribution in [-0.2, 0) is 20.9 Å². The summed E-state index contributed by atoms with van der Waals surface area (Å²) in [6.07, 6.45) is -0.933. The summed E-state index contributed by atoms with van der Waals surface area (Å²) >= 11 is 1.26. The fourth-order valence-electron chi connectivity index (χ4n) is 2.24. The third kappa shape index (κ3) is 6.42. The van der Waals surface area contributed by atoms with E-state index in [1.807, 2.05) is 30.3 Å². The van der Waals surface area contributed by atoms with E-state index in [9.17, 15) is 14.4 Å². The highest BCUT2D eigenvalue weighted by Crippen LogP contribution is 2.24. The van der Waals surface area contributed by atoms with Gasteiger partial charge in [-0.25, -0.2) is 4.79 Å². The summed E-state index contributed by atoms with van der Waals surface area (Å²) in [4.78, 5) is 38.7. The van der Waals surface area contributed by atoms with Gasteiger partial charge in [-0.15, -0.1) is 11.8 Å². The summed E-state index contributed by atoms with van der Waals surface area (Å²) in [5, 5.41) is 2.75. The van der Waals surface area contributed by atoms with Gasteiger partial charge in [0.15, 0.2) is 6.10 Å². The van der Waals surface area contributed by atoms with Crippen molar-refractivity contribution in [3.8, 4) is 0 Å². The van der Waals surface area contributed by atoms with Crippen molar-refractivity contribution in [3.05, 3.63) is 65.7 Å². The third-order valence-corrected chi connectivity index (χ3v) is 4.98. The van der Waals surface area contributed by atoms with Gasteiger partial charge in [0.25, 0.3) is 5.91 Å². The van der Waals surface area contributed by atoms with E-state index < -0.39 is 12.1 Å². The SMILES string of the molecule is CC(OC(=O)c1ccccc1SCC(=O)N(C)C)C(=O)NCc1ccccc1. The van der Waals surface area contributed by atoms with Crippen LogP contribution in [0.25, 0.3) is 0 Å². The number of hydrogen-bond acceptors (Lipinski definition) is 5. The highest BCUT2D eigenvalue weighted by molar-refractivity contribution is 8.00. The minimum absolute atomic E-state index is 0.0539. The highest BCUT2D eigenvalue weighted by Gasteiger charge is 2.21. The van der Waals surface area contributed by atoms with Crippen LogP contribution in [0.4, 0.5) is 0 Å². The highest BCUT2D eigenvalue weighted by atomic mass is 32.2. The number of carbonyl (C=O) groups is 3. The second-order valence-corrected chi connectivity index (χ2v) is 7.34. The van der Waals surface area contributed by atoms with Crippen LogP contribution < -0.4 is 5.32 Å². The molecule has 2 amide bonds. The molecule has 0 aliphatic heterocycles. The molecule has 0 radical (unpaired) electrons. The predicted molar refractivity (Wildman–Crippen MR) is 109 cm³/mol. The number of ether oxygens (including phenoxy) is 1. The monoisotopic (exact) mass is 400 g/mol. The minimum atomic E-state index is -0.933. The summed E-state index contributed by atoms with van der Waals surface area (Å²) in [7, 11) is 3.36. The number of hydrogen-bond donors (Lipinski definition) is 1. The molecule has 0 aliphatic carbocycles. The summed E-state index contributed by atoms with van der Waals surface area (Å²) in [5.41, 5.74) is 1.29. The van der Waals surface area contributed by atoms with E-state index in [1.54, 1.807) is 38.4 Å². The number of benzene rings is 2. The molecule has 1 atom stereocenters. The van der Waals surface area contributed by atoms with E-state index in [0.717, 1.165) is 5.56 Å². The quantitative estimate of drug-likeness (QED) is 0.545. The number of thioether (sulfide) groups is 1. The molecule has 0 fully saturated rings. The minimum Gasteiger partial charge on any atom is -0.449 e. The molecular formula is C21H24N2O4S. The molecule has 0 aromatic heterocycles. The first-order chi connectivity index (χ1) is 13.4. The number of rotatable bonds is 8. The molecule has 7 heteroatoms. The first-order valence-corrected chi connectivity index (χ1v) is 9.81. The van der Waals surface area contributed by atoms with Crippen molar-refractivity contribution in [2.24, 2.45) is 0 Å². The summed E-state index contributed by atoms with van der Waals surface area (Å²) in [6.45, 7) is 1.89. The molecule has 28 heavy (non-hydrogen) atoms. The summed E-state index contributed by atoms with van der Waals surface area (Å²) in [6, 6.07) is 16.4. The summed E-state index contributed by atoms with van der Waals surface area (Å²) < 4.78 is 5.32. The lowest BCUT2D eigenvalue weighted by atomic mass is 10.2. The Kier molecular flexibility index (Phi) is 8.07. The third-order valence-electron chi connectivity index (χ3n) is 3.92. The Balaban J connectivity index is 1.94. The van der Waals surface area contributed by atoms with E-state index >= 15 is 0 Å². The second kappa shape index (κ2) is 10.5. The Morgan fingerprint density at radius 1 is 1.04 bits per heavy atom. The van der Waals surface area contributed by atoms with Crippen LogP contribution in [0.3, 0.4) is 0 Å². The average Bonchev–Trinajstić information content (AvgIpc) is 2.70. The Labute approximate surface area is 169 Å². The average molecular weight is 401 g/mol. The molecule has 2 aromatic rings. The largest absolute Gasteiger partial charge is 0.449 e. The molecule has 0 saturated carbocycles. The van der Waals surface area contributed by atoms with Gasteiger partial charge in [-0.2, -0.15) is 0 Å². The van der Waals surface area contributed by atoms with Crippen molar-refractivity contribution < 1.29 is 19.1 Å². The molecule has 2 aromatic carbocycles. The molecule has 2 rings (SSSR count). The normalized spacial score (nSPS) is 11.4. The van der Waals surface area contributed by atoms with E-state index in [-0.39, 0.29) is 17.6 Å². The number of esters is 1. The Morgan fingerprint density at radius 3 is 2.36 bits per heavy atom. The van der Waals surface area contributed by atoms with Crippen LogP contribution in [0, 0.1) is 0 Å². The second-order valence-electron chi connectivity index (χ2n) is 6.32. The molecule has 0 heterocycles. The van der Waals surface area contributed by atoms with Crippen LogP contribution in [-0.4, -0.2) is 48.6 Å². The zero-order valence-corrected chi connectivity index (χ0v) is 17.0.